The highest BCUT2D eigenvalue weighted by atomic mass is 32.2. The Bertz CT molecular complexity index is 324. The molecule has 0 saturated heterocycles. The lowest BCUT2D eigenvalue weighted by molar-refractivity contribution is 0.741. The molecule has 1 rings (SSSR count). The van der Waals surface area contributed by atoms with Gasteiger partial charge in [-0.3, -0.25) is 0 Å². The third-order valence-electron chi connectivity index (χ3n) is 1.82. The topological polar surface area (TPSA) is 51.8 Å². The van der Waals surface area contributed by atoms with Crippen LogP contribution in [0.15, 0.2) is 11.1 Å². The summed E-state index contributed by atoms with van der Waals surface area (Å²) in [6.07, 6.45) is 0. The van der Waals surface area contributed by atoms with Crippen molar-refractivity contribution < 1.29 is 0 Å². The highest BCUT2D eigenvalue weighted by molar-refractivity contribution is 7.99. The molecule has 0 bridgehead atoms. The van der Waals surface area contributed by atoms with Gasteiger partial charge in [-0.2, -0.15) is 0 Å². The predicted octanol–water partition coefficient (Wildman–Crippen LogP) is 2.93. The number of rotatable bonds is 4. The van der Waals surface area contributed by atoms with Gasteiger partial charge in [0.25, 0.3) is 0 Å². The van der Waals surface area contributed by atoms with Gasteiger partial charge in [0, 0.05) is 17.7 Å². The fraction of sp³-hybridized carbons (Fsp3) is 0.636. The van der Waals surface area contributed by atoms with Gasteiger partial charge in [0.2, 0.25) is 0 Å². The molecular formula is C11H19N3S. The number of hydrogen-bond donors (Lipinski definition) is 1. The highest BCUT2D eigenvalue weighted by Gasteiger charge is 2.07. The maximum Gasteiger partial charge on any atom is 0.134 e. The first-order valence-electron chi connectivity index (χ1n) is 5.26. The summed E-state index contributed by atoms with van der Waals surface area (Å²) in [4.78, 5) is 8.69. The molecule has 0 atom stereocenters. The van der Waals surface area contributed by atoms with Crippen LogP contribution in [-0.4, -0.2) is 15.7 Å². The second kappa shape index (κ2) is 5.35. The SMILES string of the molecule is CC(C)CSc1cc(N)nc(C(C)C)n1. The first kappa shape index (κ1) is 12.3. The van der Waals surface area contributed by atoms with Gasteiger partial charge in [-0.25, -0.2) is 9.97 Å². The summed E-state index contributed by atoms with van der Waals surface area (Å²) in [6, 6.07) is 1.85. The van der Waals surface area contributed by atoms with Crippen LogP contribution in [0.1, 0.15) is 39.4 Å². The first-order chi connectivity index (χ1) is 6.99. The number of anilines is 1. The molecule has 0 aliphatic heterocycles. The zero-order valence-electron chi connectivity index (χ0n) is 9.82. The Kier molecular flexibility index (Phi) is 4.39. The Hall–Kier alpha value is -0.770. The summed E-state index contributed by atoms with van der Waals surface area (Å²) < 4.78 is 0. The van der Waals surface area contributed by atoms with Crippen molar-refractivity contribution in [2.75, 3.05) is 11.5 Å². The zero-order chi connectivity index (χ0) is 11.4. The molecule has 1 heterocycles. The highest BCUT2D eigenvalue weighted by Crippen LogP contribution is 2.22. The maximum atomic E-state index is 5.74. The van der Waals surface area contributed by atoms with Crippen molar-refractivity contribution in [1.82, 2.24) is 9.97 Å². The molecular weight excluding hydrogens is 206 g/mol. The fourth-order valence-corrected chi connectivity index (χ4v) is 1.91. The Balaban J connectivity index is 2.79. The van der Waals surface area contributed by atoms with E-state index in [9.17, 15) is 0 Å². The van der Waals surface area contributed by atoms with Crippen molar-refractivity contribution in [3.05, 3.63) is 11.9 Å². The quantitative estimate of drug-likeness (QED) is 0.632. The Labute approximate surface area is 95.9 Å². The van der Waals surface area contributed by atoms with Crippen molar-refractivity contribution in [2.24, 2.45) is 5.92 Å². The van der Waals surface area contributed by atoms with E-state index >= 15 is 0 Å². The van der Waals surface area contributed by atoms with Crippen molar-refractivity contribution in [3.63, 3.8) is 0 Å². The molecule has 15 heavy (non-hydrogen) atoms. The summed E-state index contributed by atoms with van der Waals surface area (Å²) in [6.45, 7) is 8.54. The van der Waals surface area contributed by atoms with E-state index < -0.39 is 0 Å². The van der Waals surface area contributed by atoms with Crippen LogP contribution in [0.5, 0.6) is 0 Å². The molecule has 1 aromatic heterocycles. The Morgan fingerprint density at radius 2 is 1.93 bits per heavy atom. The van der Waals surface area contributed by atoms with E-state index in [2.05, 4.69) is 37.7 Å². The number of thioether (sulfide) groups is 1. The minimum absolute atomic E-state index is 0.326. The number of hydrogen-bond acceptors (Lipinski definition) is 4. The Morgan fingerprint density at radius 3 is 2.47 bits per heavy atom. The lowest BCUT2D eigenvalue weighted by atomic mass is 10.2. The summed E-state index contributed by atoms with van der Waals surface area (Å²) >= 11 is 1.74. The van der Waals surface area contributed by atoms with Crippen LogP contribution in [0.4, 0.5) is 5.82 Å². The summed E-state index contributed by atoms with van der Waals surface area (Å²) in [5, 5.41) is 0.986. The van der Waals surface area contributed by atoms with E-state index in [-0.39, 0.29) is 0 Å². The van der Waals surface area contributed by atoms with Gasteiger partial charge in [-0.05, 0) is 5.92 Å². The van der Waals surface area contributed by atoms with Gasteiger partial charge in [0.1, 0.15) is 16.7 Å². The van der Waals surface area contributed by atoms with Crippen LogP contribution < -0.4 is 5.73 Å². The van der Waals surface area contributed by atoms with E-state index in [1.165, 1.54) is 0 Å². The molecule has 0 aliphatic carbocycles. The lowest BCUT2D eigenvalue weighted by Gasteiger charge is -2.08. The van der Waals surface area contributed by atoms with Gasteiger partial charge < -0.3 is 5.73 Å². The minimum atomic E-state index is 0.326. The number of nitrogens with zero attached hydrogens (tertiary/aromatic N) is 2. The summed E-state index contributed by atoms with van der Waals surface area (Å²) in [5.41, 5.74) is 5.74. The van der Waals surface area contributed by atoms with E-state index in [4.69, 9.17) is 5.73 Å². The fourth-order valence-electron chi connectivity index (χ4n) is 1.05. The molecule has 0 radical (unpaired) electrons. The van der Waals surface area contributed by atoms with Crippen molar-refractivity contribution >= 4 is 17.6 Å². The molecule has 84 valence electrons. The molecule has 2 N–H and O–H groups in total. The van der Waals surface area contributed by atoms with Crippen LogP contribution >= 0.6 is 11.8 Å². The Morgan fingerprint density at radius 1 is 1.27 bits per heavy atom. The molecule has 4 heteroatoms. The monoisotopic (exact) mass is 225 g/mol. The molecule has 0 aliphatic rings. The average molecular weight is 225 g/mol. The predicted molar refractivity (Wildman–Crippen MR) is 66.1 cm³/mol. The number of nitrogen functional groups attached to an aromatic ring is 1. The molecule has 0 amide bonds. The zero-order valence-corrected chi connectivity index (χ0v) is 10.6. The third-order valence-corrected chi connectivity index (χ3v) is 3.16. The summed E-state index contributed by atoms with van der Waals surface area (Å²) in [5.74, 6) is 3.45. The molecule has 1 aromatic rings. The van der Waals surface area contributed by atoms with Gasteiger partial charge in [-0.1, -0.05) is 27.7 Å². The maximum absolute atomic E-state index is 5.74. The largest absolute Gasteiger partial charge is 0.384 e. The third kappa shape index (κ3) is 4.08. The van der Waals surface area contributed by atoms with Gasteiger partial charge >= 0.3 is 0 Å². The number of nitrogens with two attached hydrogens (primary N) is 1. The lowest BCUT2D eigenvalue weighted by Crippen LogP contribution is -2.03. The van der Waals surface area contributed by atoms with Crippen molar-refractivity contribution in [2.45, 2.75) is 38.6 Å². The van der Waals surface area contributed by atoms with Crippen molar-refractivity contribution in [3.8, 4) is 0 Å². The number of aromatic nitrogens is 2. The molecule has 0 unspecified atom stereocenters. The average Bonchev–Trinajstić information content (AvgIpc) is 2.13. The second-order valence-corrected chi connectivity index (χ2v) is 5.39. The van der Waals surface area contributed by atoms with Crippen molar-refractivity contribution in [1.29, 1.82) is 0 Å². The van der Waals surface area contributed by atoms with Crippen LogP contribution in [-0.2, 0) is 0 Å². The standard InChI is InChI=1S/C11H19N3S/c1-7(2)6-15-10-5-9(12)13-11(14-10)8(3)4/h5,7-8H,6H2,1-4H3,(H2,12,13,14). The van der Waals surface area contributed by atoms with Crippen LogP contribution in [0.2, 0.25) is 0 Å². The molecule has 0 saturated carbocycles. The van der Waals surface area contributed by atoms with Gasteiger partial charge in [-0.15, -0.1) is 11.8 Å². The second-order valence-electron chi connectivity index (χ2n) is 4.35. The smallest absolute Gasteiger partial charge is 0.134 e. The first-order valence-corrected chi connectivity index (χ1v) is 6.25. The van der Waals surface area contributed by atoms with Crippen LogP contribution in [0.3, 0.4) is 0 Å². The molecule has 0 spiro atoms. The van der Waals surface area contributed by atoms with Gasteiger partial charge in [0.05, 0.1) is 0 Å². The van der Waals surface area contributed by atoms with E-state index in [0.29, 0.717) is 17.7 Å². The van der Waals surface area contributed by atoms with E-state index in [0.717, 1.165) is 16.6 Å². The van der Waals surface area contributed by atoms with E-state index in [1.54, 1.807) is 11.8 Å². The normalized spacial score (nSPS) is 11.3. The molecule has 0 aromatic carbocycles. The van der Waals surface area contributed by atoms with Crippen LogP contribution in [0, 0.1) is 5.92 Å². The minimum Gasteiger partial charge on any atom is -0.384 e. The molecule has 0 fully saturated rings. The van der Waals surface area contributed by atoms with Gasteiger partial charge in [0.15, 0.2) is 0 Å². The van der Waals surface area contributed by atoms with Crippen LogP contribution in [0.25, 0.3) is 0 Å². The van der Waals surface area contributed by atoms with E-state index in [1.807, 2.05) is 6.07 Å². The summed E-state index contributed by atoms with van der Waals surface area (Å²) in [7, 11) is 0. The molecule has 3 nitrogen and oxygen atoms in total.